The summed E-state index contributed by atoms with van der Waals surface area (Å²) in [6.07, 6.45) is 0. The Bertz CT molecular complexity index is 3190. The van der Waals surface area contributed by atoms with E-state index in [2.05, 4.69) is 182 Å². The van der Waals surface area contributed by atoms with E-state index in [0.717, 1.165) is 33.1 Å². The van der Waals surface area contributed by atoms with Gasteiger partial charge in [0.25, 0.3) is 0 Å². The van der Waals surface area contributed by atoms with Crippen molar-refractivity contribution in [1.82, 2.24) is 0 Å². The average molecular weight is 683 g/mol. The fourth-order valence-electron chi connectivity index (χ4n) is 10.6. The molecule has 1 aromatic heterocycles. The topological polar surface area (TPSA) is 13.1 Å². The first-order chi connectivity index (χ1) is 26.8. The fraction of sp³-hybridized carbons (Fsp3) is 0.0189. The van der Waals surface area contributed by atoms with Gasteiger partial charge in [-0.15, -0.1) is 0 Å². The van der Waals surface area contributed by atoms with E-state index in [9.17, 15) is 0 Å². The molecule has 0 unspecified atom stereocenters. The normalized spacial score (nSPS) is 13.7. The van der Waals surface area contributed by atoms with E-state index < -0.39 is 0 Å². The molecule has 0 aliphatic heterocycles. The van der Waals surface area contributed by atoms with Gasteiger partial charge in [-0.1, -0.05) is 170 Å². The number of rotatable bonds is 2. The van der Waals surface area contributed by atoms with Gasteiger partial charge < -0.3 is 4.42 Å². The minimum absolute atomic E-state index is 0.389. The van der Waals surface area contributed by atoms with Crippen LogP contribution in [-0.4, -0.2) is 0 Å². The molecule has 0 saturated carbocycles. The zero-order valence-electron chi connectivity index (χ0n) is 29.2. The van der Waals surface area contributed by atoms with Crippen LogP contribution in [0, 0.1) is 0 Å². The molecule has 0 fully saturated rings. The van der Waals surface area contributed by atoms with E-state index in [1.54, 1.807) is 0 Å². The summed E-state index contributed by atoms with van der Waals surface area (Å²) in [5, 5.41) is 4.92. The second-order valence-corrected chi connectivity index (χ2v) is 15.0. The molecule has 3 aliphatic carbocycles. The van der Waals surface area contributed by atoms with E-state index in [0.29, 0.717) is 0 Å². The van der Waals surface area contributed by atoms with Crippen molar-refractivity contribution in [2.75, 3.05) is 0 Å². The van der Waals surface area contributed by atoms with Gasteiger partial charge in [-0.05, 0) is 106 Å². The van der Waals surface area contributed by atoms with Crippen LogP contribution >= 0.6 is 0 Å². The molecule has 54 heavy (non-hydrogen) atoms. The minimum atomic E-state index is -0.389. The maximum absolute atomic E-state index is 6.93. The molecule has 0 saturated heterocycles. The van der Waals surface area contributed by atoms with Gasteiger partial charge in [0.05, 0.1) is 5.41 Å². The highest BCUT2D eigenvalue weighted by molar-refractivity contribution is 6.22. The zero-order chi connectivity index (χ0) is 35.1. The largest absolute Gasteiger partial charge is 0.455 e. The Morgan fingerprint density at radius 3 is 1.43 bits per heavy atom. The van der Waals surface area contributed by atoms with Crippen LogP contribution in [0.2, 0.25) is 0 Å². The number of hydrogen-bond donors (Lipinski definition) is 0. The average Bonchev–Trinajstić information content (AvgIpc) is 3.96. The molecule has 0 amide bonds. The van der Waals surface area contributed by atoms with Crippen LogP contribution in [0.15, 0.2) is 186 Å². The van der Waals surface area contributed by atoms with Gasteiger partial charge in [-0.3, -0.25) is 0 Å². The Kier molecular flexibility index (Phi) is 5.36. The lowest BCUT2D eigenvalue weighted by Gasteiger charge is -2.30. The molecule has 0 radical (unpaired) electrons. The van der Waals surface area contributed by atoms with Crippen molar-refractivity contribution in [3.8, 4) is 66.8 Å². The third kappa shape index (κ3) is 3.37. The number of para-hydroxylation sites is 1. The first kappa shape index (κ1) is 28.6. The van der Waals surface area contributed by atoms with Crippen molar-refractivity contribution in [1.29, 1.82) is 0 Å². The molecule has 9 aromatic carbocycles. The van der Waals surface area contributed by atoms with Crippen molar-refractivity contribution in [2.45, 2.75) is 5.41 Å². The molecule has 3 aliphatic rings. The molecule has 0 N–H and O–H groups in total. The predicted molar refractivity (Wildman–Crippen MR) is 223 cm³/mol. The number of furan rings is 1. The van der Waals surface area contributed by atoms with Crippen molar-refractivity contribution < 1.29 is 4.42 Å². The van der Waals surface area contributed by atoms with E-state index >= 15 is 0 Å². The Morgan fingerprint density at radius 1 is 0.296 bits per heavy atom. The van der Waals surface area contributed by atoms with Crippen molar-refractivity contribution >= 4 is 32.7 Å². The maximum Gasteiger partial charge on any atom is 0.143 e. The molecule has 1 nitrogen and oxygen atoms in total. The van der Waals surface area contributed by atoms with Gasteiger partial charge in [0.15, 0.2) is 0 Å². The van der Waals surface area contributed by atoms with Gasteiger partial charge in [-0.2, -0.15) is 0 Å². The molecule has 10 aromatic rings. The molecular formula is C53H30O. The first-order valence-electron chi connectivity index (χ1n) is 18.8. The number of fused-ring (bicyclic) bond motifs is 16. The summed E-state index contributed by atoms with van der Waals surface area (Å²) in [4.78, 5) is 0. The van der Waals surface area contributed by atoms with Crippen LogP contribution in [0.4, 0.5) is 0 Å². The molecule has 13 rings (SSSR count). The summed E-state index contributed by atoms with van der Waals surface area (Å²) in [6, 6.07) is 67.5. The Hall–Kier alpha value is -6.96. The van der Waals surface area contributed by atoms with Gasteiger partial charge >= 0.3 is 0 Å². The molecule has 1 heteroatoms. The van der Waals surface area contributed by atoms with E-state index in [1.165, 1.54) is 88.7 Å². The molecule has 1 spiro atoms. The monoisotopic (exact) mass is 682 g/mol. The van der Waals surface area contributed by atoms with Crippen LogP contribution in [0.25, 0.3) is 99.5 Å². The van der Waals surface area contributed by atoms with E-state index in [-0.39, 0.29) is 5.41 Å². The molecule has 0 bridgehead atoms. The molecule has 1 heterocycles. The Morgan fingerprint density at radius 2 is 0.759 bits per heavy atom. The highest BCUT2D eigenvalue weighted by atomic mass is 16.3. The molecule has 248 valence electrons. The highest BCUT2D eigenvalue weighted by Gasteiger charge is 2.51. The molecular weight excluding hydrogens is 653 g/mol. The zero-order valence-corrected chi connectivity index (χ0v) is 29.2. The lowest BCUT2D eigenvalue weighted by atomic mass is 9.70. The summed E-state index contributed by atoms with van der Waals surface area (Å²) in [6.45, 7) is 0. The van der Waals surface area contributed by atoms with Gasteiger partial charge in [0.2, 0.25) is 0 Å². The van der Waals surface area contributed by atoms with Crippen molar-refractivity contribution in [2.24, 2.45) is 0 Å². The SMILES string of the molecule is c1ccc2c(c1)-c1cccc3c(-c4cccc5oc6c(-c7ccc8c(c7)C7(c9ccccc9-c9ccccc97)c7ccccc7-8)cccc6c45)ccc-2c13. The third-order valence-corrected chi connectivity index (χ3v) is 12.7. The van der Waals surface area contributed by atoms with E-state index in [4.69, 9.17) is 4.42 Å². The summed E-state index contributed by atoms with van der Waals surface area (Å²) in [7, 11) is 0. The van der Waals surface area contributed by atoms with Crippen LogP contribution in [0.5, 0.6) is 0 Å². The van der Waals surface area contributed by atoms with Crippen LogP contribution in [0.1, 0.15) is 22.3 Å². The van der Waals surface area contributed by atoms with E-state index in [1.807, 2.05) is 0 Å². The van der Waals surface area contributed by atoms with Crippen molar-refractivity contribution in [3.63, 3.8) is 0 Å². The van der Waals surface area contributed by atoms with Gasteiger partial charge in [0, 0.05) is 16.3 Å². The lowest BCUT2D eigenvalue weighted by molar-refractivity contribution is 0.670. The standard InChI is InChI=1S/C53H30O/c1-2-13-34-33(12-1)40-18-10-19-41-35(28-29-43(34)50(40)41)42-20-11-25-49-51(42)44-21-9-17-32(52(44)54-49)31-26-27-39-38-16-5-8-24-47(38)53(48(39)30-31)45-22-6-3-14-36(45)37-15-4-7-23-46(37)53/h1-30H. The van der Waals surface area contributed by atoms with Crippen molar-refractivity contribution in [3.05, 3.63) is 204 Å². The third-order valence-electron chi connectivity index (χ3n) is 12.7. The highest BCUT2D eigenvalue weighted by Crippen LogP contribution is 2.63. The maximum atomic E-state index is 6.93. The van der Waals surface area contributed by atoms with Crippen LogP contribution in [-0.2, 0) is 5.41 Å². The summed E-state index contributed by atoms with van der Waals surface area (Å²) >= 11 is 0. The van der Waals surface area contributed by atoms with Gasteiger partial charge in [-0.25, -0.2) is 0 Å². The molecule has 0 atom stereocenters. The van der Waals surface area contributed by atoms with Crippen LogP contribution < -0.4 is 0 Å². The second-order valence-electron chi connectivity index (χ2n) is 15.0. The second kappa shape index (κ2) is 10.1. The summed E-state index contributed by atoms with van der Waals surface area (Å²) < 4.78 is 6.93. The summed E-state index contributed by atoms with van der Waals surface area (Å²) in [5.41, 5.74) is 22.1. The summed E-state index contributed by atoms with van der Waals surface area (Å²) in [5.74, 6) is 0. The predicted octanol–water partition coefficient (Wildman–Crippen LogP) is 14.1. The quantitative estimate of drug-likeness (QED) is 0.177. The minimum Gasteiger partial charge on any atom is -0.455 e. The lowest BCUT2D eigenvalue weighted by Crippen LogP contribution is -2.25. The Labute approximate surface area is 312 Å². The Balaban J connectivity index is 1.04. The number of benzene rings is 9. The number of hydrogen-bond acceptors (Lipinski definition) is 1. The smallest absolute Gasteiger partial charge is 0.143 e. The van der Waals surface area contributed by atoms with Crippen LogP contribution in [0.3, 0.4) is 0 Å². The van der Waals surface area contributed by atoms with Gasteiger partial charge in [0.1, 0.15) is 11.2 Å². The first-order valence-corrected chi connectivity index (χ1v) is 18.8. The fourth-order valence-corrected chi connectivity index (χ4v) is 10.6.